The molecule has 2 amide bonds. The van der Waals surface area contributed by atoms with Crippen molar-refractivity contribution in [1.82, 2.24) is 9.66 Å². The van der Waals surface area contributed by atoms with E-state index in [2.05, 4.69) is 15.7 Å². The van der Waals surface area contributed by atoms with Gasteiger partial charge in [-0.25, -0.2) is 9.66 Å². The largest absolute Gasteiger partial charge is 0.368 e. The van der Waals surface area contributed by atoms with Gasteiger partial charge in [0, 0.05) is 17.7 Å². The molecule has 0 saturated carbocycles. The highest BCUT2D eigenvalue weighted by atomic mass is 16.2. The predicted molar refractivity (Wildman–Crippen MR) is 104 cm³/mol. The van der Waals surface area contributed by atoms with Crippen molar-refractivity contribution >= 4 is 23.5 Å². The SMILES string of the molecule is Cc1ccccc1NC(=O)C1CC(=O)Nn2c(N)nc(-c3ccccc3)c21. The van der Waals surface area contributed by atoms with Crippen LogP contribution in [-0.4, -0.2) is 21.5 Å². The van der Waals surface area contributed by atoms with Crippen LogP contribution in [0.2, 0.25) is 0 Å². The molecule has 0 bridgehead atoms. The van der Waals surface area contributed by atoms with E-state index in [9.17, 15) is 9.59 Å². The molecule has 4 N–H and O–H groups in total. The second kappa shape index (κ2) is 6.60. The lowest BCUT2D eigenvalue weighted by Crippen LogP contribution is -2.38. The number of anilines is 2. The maximum absolute atomic E-state index is 13.0. The number of aryl methyl sites for hydroxylation is 1. The highest BCUT2D eigenvalue weighted by Gasteiger charge is 2.36. The standard InChI is InChI=1S/C20H19N5O2/c1-12-7-5-6-10-15(12)22-19(27)14-11-16(26)24-25-18(14)17(23-20(25)21)13-8-3-2-4-9-13/h2-10,14H,11H2,1H3,(H2,21,23)(H,22,27)(H,24,26). The van der Waals surface area contributed by atoms with Crippen molar-refractivity contribution in [1.29, 1.82) is 0 Å². The summed E-state index contributed by atoms with van der Waals surface area (Å²) in [7, 11) is 0. The first-order chi connectivity index (χ1) is 13.0. The third kappa shape index (κ3) is 3.03. The van der Waals surface area contributed by atoms with Gasteiger partial charge in [-0.1, -0.05) is 48.5 Å². The van der Waals surface area contributed by atoms with Gasteiger partial charge in [0.05, 0.1) is 17.3 Å². The molecule has 4 rings (SSSR count). The van der Waals surface area contributed by atoms with E-state index >= 15 is 0 Å². The summed E-state index contributed by atoms with van der Waals surface area (Å²) in [5.74, 6) is -1.10. The van der Waals surface area contributed by atoms with E-state index in [4.69, 9.17) is 5.73 Å². The second-order valence-corrected chi connectivity index (χ2v) is 6.50. The summed E-state index contributed by atoms with van der Waals surface area (Å²) in [5, 5.41) is 2.93. The maximum Gasteiger partial charge on any atom is 0.240 e. The van der Waals surface area contributed by atoms with Gasteiger partial charge in [-0.2, -0.15) is 0 Å². The number of nitrogens with one attached hydrogen (secondary N) is 2. The Labute approximate surface area is 156 Å². The number of nitrogen functional groups attached to an aromatic ring is 1. The molecule has 2 heterocycles. The third-order valence-electron chi connectivity index (χ3n) is 4.66. The van der Waals surface area contributed by atoms with Crippen LogP contribution >= 0.6 is 0 Å². The summed E-state index contributed by atoms with van der Waals surface area (Å²) >= 11 is 0. The minimum Gasteiger partial charge on any atom is -0.368 e. The minimum absolute atomic E-state index is 0.0304. The van der Waals surface area contributed by atoms with Gasteiger partial charge in [-0.05, 0) is 18.6 Å². The molecule has 2 aromatic carbocycles. The number of hydrogen-bond acceptors (Lipinski definition) is 4. The molecule has 0 saturated heterocycles. The number of aromatic nitrogens is 2. The fourth-order valence-electron chi connectivity index (χ4n) is 3.30. The molecule has 0 aliphatic carbocycles. The number of carbonyl (C=O) groups excluding carboxylic acids is 2. The zero-order chi connectivity index (χ0) is 19.0. The minimum atomic E-state index is -0.696. The van der Waals surface area contributed by atoms with E-state index in [-0.39, 0.29) is 24.2 Å². The third-order valence-corrected chi connectivity index (χ3v) is 4.66. The predicted octanol–water partition coefficient (Wildman–Crippen LogP) is 2.64. The van der Waals surface area contributed by atoms with Crippen molar-refractivity contribution in [3.05, 3.63) is 65.9 Å². The normalized spacial score (nSPS) is 15.7. The molecule has 1 unspecified atom stereocenters. The van der Waals surface area contributed by atoms with Gasteiger partial charge in [0.2, 0.25) is 17.8 Å². The van der Waals surface area contributed by atoms with Gasteiger partial charge >= 0.3 is 0 Å². The number of carbonyl (C=O) groups is 2. The highest BCUT2D eigenvalue weighted by molar-refractivity contribution is 6.02. The van der Waals surface area contributed by atoms with E-state index in [0.717, 1.165) is 11.1 Å². The van der Waals surface area contributed by atoms with Crippen molar-refractivity contribution in [2.75, 3.05) is 16.5 Å². The van der Waals surface area contributed by atoms with Gasteiger partial charge < -0.3 is 11.1 Å². The number of rotatable bonds is 3. The Bertz CT molecular complexity index is 1030. The van der Waals surface area contributed by atoms with Gasteiger partial charge in [-0.15, -0.1) is 0 Å². The average molecular weight is 361 g/mol. The average Bonchev–Trinajstić information content (AvgIpc) is 3.00. The van der Waals surface area contributed by atoms with Crippen LogP contribution in [0.5, 0.6) is 0 Å². The zero-order valence-electron chi connectivity index (χ0n) is 14.8. The van der Waals surface area contributed by atoms with Gasteiger partial charge in [0.25, 0.3) is 0 Å². The van der Waals surface area contributed by atoms with Crippen LogP contribution in [0.4, 0.5) is 11.6 Å². The summed E-state index contributed by atoms with van der Waals surface area (Å²) in [5.41, 5.74) is 12.4. The fourth-order valence-corrected chi connectivity index (χ4v) is 3.30. The number of fused-ring (bicyclic) bond motifs is 1. The number of amides is 2. The molecule has 0 radical (unpaired) electrons. The van der Waals surface area contributed by atoms with Crippen LogP contribution in [0.1, 0.15) is 23.6 Å². The number of hydrogen-bond donors (Lipinski definition) is 3. The lowest BCUT2D eigenvalue weighted by molar-refractivity contribution is -0.124. The molecule has 3 aromatic rings. The highest BCUT2D eigenvalue weighted by Crippen LogP contribution is 2.35. The van der Waals surface area contributed by atoms with E-state index < -0.39 is 5.92 Å². The van der Waals surface area contributed by atoms with Crippen LogP contribution in [0.25, 0.3) is 11.3 Å². The summed E-state index contributed by atoms with van der Waals surface area (Å²) in [4.78, 5) is 29.6. The topological polar surface area (TPSA) is 102 Å². The molecule has 0 spiro atoms. The van der Waals surface area contributed by atoms with Crippen molar-refractivity contribution in [2.24, 2.45) is 0 Å². The lowest BCUT2D eigenvalue weighted by Gasteiger charge is -2.25. The Hall–Kier alpha value is -3.61. The van der Waals surface area contributed by atoms with Gasteiger partial charge in [0.15, 0.2) is 0 Å². The van der Waals surface area contributed by atoms with Crippen LogP contribution in [0.15, 0.2) is 54.6 Å². The second-order valence-electron chi connectivity index (χ2n) is 6.50. The number of nitrogens with zero attached hydrogens (tertiary/aromatic N) is 2. The first-order valence-electron chi connectivity index (χ1n) is 8.64. The molecule has 7 heteroatoms. The number of imidazole rings is 1. The van der Waals surface area contributed by atoms with Crippen LogP contribution in [-0.2, 0) is 9.59 Å². The lowest BCUT2D eigenvalue weighted by atomic mass is 9.94. The van der Waals surface area contributed by atoms with E-state index in [1.165, 1.54) is 4.68 Å². The van der Waals surface area contributed by atoms with Gasteiger partial charge in [-0.3, -0.25) is 15.0 Å². The van der Waals surface area contributed by atoms with Crippen LogP contribution in [0.3, 0.4) is 0 Å². The molecule has 27 heavy (non-hydrogen) atoms. The van der Waals surface area contributed by atoms with E-state index in [1.807, 2.05) is 61.5 Å². The van der Waals surface area contributed by atoms with Gasteiger partial charge in [0.1, 0.15) is 0 Å². The quantitative estimate of drug-likeness (QED) is 0.667. The Balaban J connectivity index is 1.77. The van der Waals surface area contributed by atoms with E-state index in [0.29, 0.717) is 17.1 Å². The molecule has 136 valence electrons. The van der Waals surface area contributed by atoms with Crippen molar-refractivity contribution in [3.63, 3.8) is 0 Å². The molecular weight excluding hydrogens is 342 g/mol. The van der Waals surface area contributed by atoms with Crippen LogP contribution < -0.4 is 16.5 Å². The fraction of sp³-hybridized carbons (Fsp3) is 0.150. The molecule has 7 nitrogen and oxygen atoms in total. The molecule has 1 aliphatic rings. The number of nitrogens with two attached hydrogens (primary N) is 1. The summed E-state index contributed by atoms with van der Waals surface area (Å²) < 4.78 is 1.41. The first kappa shape index (κ1) is 16.8. The molecule has 0 fully saturated rings. The maximum atomic E-state index is 13.0. The summed E-state index contributed by atoms with van der Waals surface area (Å²) in [6, 6.07) is 17.0. The van der Waals surface area contributed by atoms with E-state index in [1.54, 1.807) is 0 Å². The summed E-state index contributed by atoms with van der Waals surface area (Å²) in [6.45, 7) is 1.92. The number of para-hydroxylation sites is 1. The van der Waals surface area contributed by atoms with Crippen LogP contribution in [0, 0.1) is 6.92 Å². The Kier molecular flexibility index (Phi) is 4.12. The first-order valence-corrected chi connectivity index (χ1v) is 8.64. The van der Waals surface area contributed by atoms with Crippen molar-refractivity contribution in [2.45, 2.75) is 19.3 Å². The Morgan fingerprint density at radius 3 is 2.63 bits per heavy atom. The smallest absolute Gasteiger partial charge is 0.240 e. The molecule has 1 aromatic heterocycles. The molecule has 1 atom stereocenters. The summed E-state index contributed by atoms with van der Waals surface area (Å²) in [6.07, 6.45) is 0.0304. The molecular formula is C20H19N5O2. The zero-order valence-corrected chi connectivity index (χ0v) is 14.8. The van der Waals surface area contributed by atoms with Crippen molar-refractivity contribution < 1.29 is 9.59 Å². The Morgan fingerprint density at radius 2 is 1.89 bits per heavy atom. The van der Waals surface area contributed by atoms with Crippen molar-refractivity contribution in [3.8, 4) is 11.3 Å². The number of benzene rings is 2. The molecule has 1 aliphatic heterocycles. The monoisotopic (exact) mass is 361 g/mol. The Morgan fingerprint density at radius 1 is 1.19 bits per heavy atom.